The van der Waals surface area contributed by atoms with Crippen LogP contribution in [0.1, 0.15) is 95.1 Å². The third-order valence-electron chi connectivity index (χ3n) is 6.47. The second-order valence-electron chi connectivity index (χ2n) is 11.1. The molecule has 6 heteroatoms. The van der Waals surface area contributed by atoms with Crippen molar-refractivity contribution in [1.29, 1.82) is 0 Å². The average Bonchev–Trinajstić information content (AvgIpc) is 2.81. The van der Waals surface area contributed by atoms with Gasteiger partial charge < -0.3 is 45.1 Å². The van der Waals surface area contributed by atoms with Gasteiger partial charge in [-0.15, -0.1) is 0 Å². The van der Waals surface area contributed by atoms with Crippen molar-refractivity contribution in [3.8, 4) is 0 Å². The quantitative estimate of drug-likeness (QED) is 0.198. The minimum absolute atomic E-state index is 0. The number of hydrogen-bond acceptors (Lipinski definition) is 0. The Morgan fingerprint density at radius 2 is 0.921 bits per heavy atom. The molecule has 0 bridgehead atoms. The lowest BCUT2D eigenvalue weighted by atomic mass is 10.1. The van der Waals surface area contributed by atoms with E-state index < -0.39 is 0 Å². The summed E-state index contributed by atoms with van der Waals surface area (Å²) in [6.07, 6.45) is 17.2. The van der Waals surface area contributed by atoms with Gasteiger partial charge in [-0.05, 0) is 12.8 Å². The van der Waals surface area contributed by atoms with Gasteiger partial charge in [0.25, 0.3) is 0 Å². The van der Waals surface area contributed by atoms with Crippen molar-refractivity contribution in [2.75, 3.05) is 34.7 Å². The van der Waals surface area contributed by atoms with E-state index in [-0.39, 0.29) is 35.8 Å². The van der Waals surface area contributed by atoms with Crippen LogP contribution in [0.3, 0.4) is 0 Å². The Bertz CT molecular complexity index is 701. The summed E-state index contributed by atoms with van der Waals surface area (Å²) < 4.78 is 1.11. The molecule has 0 heterocycles. The lowest BCUT2D eigenvalue weighted by molar-refractivity contribution is -0.903. The molecule has 0 aliphatic carbocycles. The van der Waals surface area contributed by atoms with Crippen LogP contribution in [0.4, 0.5) is 0 Å². The van der Waals surface area contributed by atoms with E-state index in [0.29, 0.717) is 0 Å². The Morgan fingerprint density at radius 3 is 1.32 bits per heavy atom. The van der Waals surface area contributed by atoms with Crippen molar-refractivity contribution in [1.82, 2.24) is 0 Å². The highest BCUT2D eigenvalue weighted by molar-refractivity contribution is 5.13. The van der Waals surface area contributed by atoms with E-state index in [9.17, 15) is 0 Å². The first-order valence-corrected chi connectivity index (χ1v) is 14.1. The first-order chi connectivity index (χ1) is 16.4. The summed E-state index contributed by atoms with van der Waals surface area (Å²) in [5, 5.41) is 0. The summed E-state index contributed by atoms with van der Waals surface area (Å²) in [4.78, 5) is 1.46. The number of quaternary nitrogens is 2. The van der Waals surface area contributed by atoms with E-state index in [2.05, 4.69) is 95.8 Å². The number of hydrogen-bond donors (Lipinski definition) is 1. The third kappa shape index (κ3) is 26.5. The van der Waals surface area contributed by atoms with Gasteiger partial charge in [0.1, 0.15) is 13.1 Å². The molecule has 2 rings (SSSR count). The van der Waals surface area contributed by atoms with Crippen LogP contribution in [-0.2, 0) is 13.1 Å². The monoisotopic (exact) mass is 574 g/mol. The number of nitrogens with zero attached hydrogens (tertiary/aromatic N) is 1. The van der Waals surface area contributed by atoms with Gasteiger partial charge in [0.05, 0.1) is 34.7 Å². The summed E-state index contributed by atoms with van der Waals surface area (Å²) in [5.41, 5.74) is 2.86. The molecule has 224 valence electrons. The second-order valence-corrected chi connectivity index (χ2v) is 11.1. The highest BCUT2D eigenvalue weighted by Gasteiger charge is 2.14. The Kier molecular flexibility index (Phi) is 33.3. The van der Waals surface area contributed by atoms with Crippen LogP contribution >= 0.6 is 0 Å². The molecule has 0 aliphatic heterocycles. The number of rotatable bonds is 17. The maximum absolute atomic E-state index is 2.37. The van der Waals surface area contributed by atoms with Crippen LogP contribution in [0.25, 0.3) is 0 Å². The standard InChI is InChI=1S/C23H42N.C9H13N.2ClH.2H2O/c1-4-5-6-7-8-9-10-11-12-13-14-18-21-24(2,3)22-23-19-16-15-17-20-23;1-10(2)8-9-6-4-3-5-7-9;;;;/h15-17,19-20H,4-14,18,21-22H2,1-3H3;3-7H,8H2,1-2H3;2*1H;2*1H2/q+1;;;;;/p-1. The van der Waals surface area contributed by atoms with Crippen molar-refractivity contribution in [3.05, 3.63) is 71.8 Å². The molecule has 0 fully saturated rings. The summed E-state index contributed by atoms with van der Waals surface area (Å²) >= 11 is 0. The van der Waals surface area contributed by atoms with Crippen LogP contribution in [0.5, 0.6) is 0 Å². The van der Waals surface area contributed by atoms with E-state index in [1.807, 2.05) is 0 Å². The van der Waals surface area contributed by atoms with Crippen LogP contribution < -0.4 is 29.7 Å². The van der Waals surface area contributed by atoms with Crippen molar-refractivity contribution in [2.45, 2.75) is 97.1 Å². The Balaban J connectivity index is -0.000000352. The fourth-order valence-corrected chi connectivity index (χ4v) is 4.54. The SMILES string of the molecule is CCCCCCCCCCCCCC[N+](C)(C)Cc1ccccc1.C[NH+](C)Cc1ccccc1.O.O.[Cl-].[Cl-]. The van der Waals surface area contributed by atoms with Gasteiger partial charge in [-0.3, -0.25) is 0 Å². The van der Waals surface area contributed by atoms with Crippen LogP contribution in [0.15, 0.2) is 60.7 Å². The normalized spacial score (nSPS) is 10.2. The lowest BCUT2D eigenvalue weighted by Crippen LogP contribution is -3.04. The smallest absolute Gasteiger partial charge is 0.104 e. The molecular weight excluding hydrogens is 515 g/mol. The maximum Gasteiger partial charge on any atom is 0.104 e. The molecule has 5 N–H and O–H groups in total. The van der Waals surface area contributed by atoms with Crippen molar-refractivity contribution in [3.63, 3.8) is 0 Å². The van der Waals surface area contributed by atoms with E-state index >= 15 is 0 Å². The largest absolute Gasteiger partial charge is 1.00 e. The van der Waals surface area contributed by atoms with Crippen LogP contribution in [0.2, 0.25) is 0 Å². The zero-order valence-electron chi connectivity index (χ0n) is 25.1. The summed E-state index contributed by atoms with van der Waals surface area (Å²) in [6, 6.07) is 21.4. The predicted octanol–water partition coefficient (Wildman–Crippen LogP) is -0.346. The minimum atomic E-state index is 0. The lowest BCUT2D eigenvalue weighted by Gasteiger charge is -2.30. The molecule has 0 aliphatic rings. The van der Waals surface area contributed by atoms with Gasteiger partial charge >= 0.3 is 0 Å². The molecule has 0 spiro atoms. The van der Waals surface area contributed by atoms with E-state index in [4.69, 9.17) is 0 Å². The fourth-order valence-electron chi connectivity index (χ4n) is 4.54. The summed E-state index contributed by atoms with van der Waals surface area (Å²) in [7, 11) is 9.05. The van der Waals surface area contributed by atoms with Crippen LogP contribution in [-0.4, -0.2) is 50.2 Å². The van der Waals surface area contributed by atoms with Gasteiger partial charge in [-0.25, -0.2) is 0 Å². The number of halogens is 2. The molecule has 0 saturated heterocycles. The van der Waals surface area contributed by atoms with Gasteiger partial charge in [-0.2, -0.15) is 0 Å². The molecule has 2 aromatic rings. The zero-order chi connectivity index (χ0) is 24.9. The predicted molar refractivity (Wildman–Crippen MR) is 158 cm³/mol. The van der Waals surface area contributed by atoms with Crippen molar-refractivity contribution >= 4 is 0 Å². The number of nitrogens with one attached hydrogen (secondary N) is 1. The average molecular weight is 576 g/mol. The van der Waals surface area contributed by atoms with Gasteiger partial charge in [-0.1, -0.05) is 132 Å². The maximum atomic E-state index is 2.37. The number of benzene rings is 2. The zero-order valence-corrected chi connectivity index (χ0v) is 26.6. The number of unbranched alkanes of at least 4 members (excludes halogenated alkanes) is 11. The third-order valence-corrected chi connectivity index (χ3v) is 6.47. The first kappa shape index (κ1) is 43.9. The van der Waals surface area contributed by atoms with Gasteiger partial charge in [0.2, 0.25) is 0 Å². The molecule has 0 aromatic heterocycles. The van der Waals surface area contributed by atoms with E-state index in [1.54, 1.807) is 0 Å². The Morgan fingerprint density at radius 1 is 0.553 bits per heavy atom. The van der Waals surface area contributed by atoms with E-state index in [1.165, 1.54) is 99.6 Å². The summed E-state index contributed by atoms with van der Waals surface area (Å²) in [6.45, 7) is 5.85. The fraction of sp³-hybridized carbons (Fsp3) is 0.625. The van der Waals surface area contributed by atoms with E-state index in [0.717, 1.165) is 17.6 Å². The highest BCUT2D eigenvalue weighted by Crippen LogP contribution is 2.14. The molecule has 0 atom stereocenters. The molecule has 0 unspecified atom stereocenters. The summed E-state index contributed by atoms with van der Waals surface area (Å²) in [5.74, 6) is 0. The van der Waals surface area contributed by atoms with Gasteiger partial charge in [0.15, 0.2) is 0 Å². The second kappa shape index (κ2) is 28.9. The molecule has 0 saturated carbocycles. The highest BCUT2D eigenvalue weighted by atomic mass is 35.5. The Hall–Kier alpha value is -1.14. The molecular formula is C32H60Cl2N2O2. The Labute approximate surface area is 248 Å². The first-order valence-electron chi connectivity index (χ1n) is 14.1. The molecule has 38 heavy (non-hydrogen) atoms. The molecule has 4 nitrogen and oxygen atoms in total. The molecule has 0 radical (unpaired) electrons. The minimum Gasteiger partial charge on any atom is -1.00 e. The molecule has 0 amide bonds. The van der Waals surface area contributed by atoms with Crippen molar-refractivity contribution in [2.24, 2.45) is 0 Å². The topological polar surface area (TPSA) is 67.4 Å². The van der Waals surface area contributed by atoms with Crippen LogP contribution in [0, 0.1) is 0 Å². The van der Waals surface area contributed by atoms with Gasteiger partial charge in [0, 0.05) is 11.1 Å². The van der Waals surface area contributed by atoms with Crippen molar-refractivity contribution < 1.29 is 45.1 Å². The molecule has 2 aromatic carbocycles.